The van der Waals surface area contributed by atoms with E-state index in [1.165, 1.54) is 0 Å². The van der Waals surface area contributed by atoms with Crippen LogP contribution in [0.15, 0.2) is 71.5 Å². The first kappa shape index (κ1) is 22.1. The highest BCUT2D eigenvalue weighted by molar-refractivity contribution is 5.74. The molecular weight excluding hydrogens is 424 g/mol. The van der Waals surface area contributed by atoms with Crippen LogP contribution in [0.5, 0.6) is 0 Å². The lowest BCUT2D eigenvalue weighted by Crippen LogP contribution is -2.44. The Balaban J connectivity index is 1.56. The fraction of sp³-hybridized carbons (Fsp3) is 0.296. The molecule has 1 fully saturated rings. The summed E-state index contributed by atoms with van der Waals surface area (Å²) in [6.07, 6.45) is 6.65. The van der Waals surface area contributed by atoms with Gasteiger partial charge in [0.05, 0.1) is 6.54 Å². The SMILES string of the molecule is Cn1c(CC=Cc2ccccc2)nc2nc(N3CCCC(N)C3)n(Cc3ccccc3)c2c1=O. The Kier molecular flexibility index (Phi) is 6.27. The van der Waals surface area contributed by atoms with E-state index >= 15 is 0 Å². The van der Waals surface area contributed by atoms with Gasteiger partial charge < -0.3 is 10.6 Å². The molecule has 7 heteroatoms. The van der Waals surface area contributed by atoms with E-state index in [-0.39, 0.29) is 11.6 Å². The van der Waals surface area contributed by atoms with Crippen molar-refractivity contribution in [3.8, 4) is 0 Å². The summed E-state index contributed by atoms with van der Waals surface area (Å²) in [5.74, 6) is 1.46. The Labute approximate surface area is 199 Å². The zero-order chi connectivity index (χ0) is 23.5. The standard InChI is InChI=1S/C27H30N6O/c1-31-23(16-8-14-20-10-4-2-5-11-20)29-25-24(26(31)34)33(18-21-12-6-3-7-13-21)27(30-25)32-17-9-15-22(28)19-32/h2-8,10-14,22H,9,15-19,28H2,1H3. The topological polar surface area (TPSA) is 82.0 Å². The van der Waals surface area contributed by atoms with Crippen molar-refractivity contribution in [3.05, 3.63) is 94.0 Å². The van der Waals surface area contributed by atoms with Gasteiger partial charge in [0.15, 0.2) is 11.2 Å². The highest BCUT2D eigenvalue weighted by atomic mass is 16.1. The van der Waals surface area contributed by atoms with Crippen LogP contribution in [-0.4, -0.2) is 38.2 Å². The average Bonchev–Trinajstić information content (AvgIpc) is 3.21. The summed E-state index contributed by atoms with van der Waals surface area (Å²) in [7, 11) is 1.79. The molecule has 0 aliphatic carbocycles. The second-order valence-corrected chi connectivity index (χ2v) is 8.91. The third kappa shape index (κ3) is 4.52. The van der Waals surface area contributed by atoms with Crippen LogP contribution in [0.1, 0.15) is 29.8 Å². The van der Waals surface area contributed by atoms with Crippen LogP contribution in [-0.2, 0) is 20.0 Å². The van der Waals surface area contributed by atoms with Crippen LogP contribution in [0.25, 0.3) is 17.2 Å². The predicted octanol–water partition coefficient (Wildman–Crippen LogP) is 3.36. The number of hydrogen-bond acceptors (Lipinski definition) is 5. The minimum atomic E-state index is -0.0795. The van der Waals surface area contributed by atoms with E-state index in [0.29, 0.717) is 30.0 Å². The molecule has 0 amide bonds. The highest BCUT2D eigenvalue weighted by Crippen LogP contribution is 2.24. The molecule has 1 atom stereocenters. The van der Waals surface area contributed by atoms with Gasteiger partial charge in [-0.15, -0.1) is 0 Å². The molecule has 0 bridgehead atoms. The number of hydrogen-bond donors (Lipinski definition) is 1. The van der Waals surface area contributed by atoms with E-state index in [9.17, 15) is 4.79 Å². The highest BCUT2D eigenvalue weighted by Gasteiger charge is 2.25. The van der Waals surface area contributed by atoms with E-state index in [2.05, 4.69) is 17.0 Å². The Morgan fingerprint density at radius 2 is 1.79 bits per heavy atom. The van der Waals surface area contributed by atoms with Crippen molar-refractivity contribution in [1.82, 2.24) is 19.1 Å². The minimum absolute atomic E-state index is 0.0795. The van der Waals surface area contributed by atoms with E-state index in [1.54, 1.807) is 11.6 Å². The third-order valence-corrected chi connectivity index (χ3v) is 6.39. The van der Waals surface area contributed by atoms with Crippen molar-refractivity contribution in [2.75, 3.05) is 18.0 Å². The fourth-order valence-electron chi connectivity index (χ4n) is 4.59. The maximum Gasteiger partial charge on any atom is 0.279 e. The largest absolute Gasteiger partial charge is 0.341 e. The molecule has 3 heterocycles. The molecule has 1 saturated heterocycles. The lowest BCUT2D eigenvalue weighted by Gasteiger charge is -2.31. The third-order valence-electron chi connectivity index (χ3n) is 6.39. The summed E-state index contributed by atoms with van der Waals surface area (Å²) < 4.78 is 3.66. The van der Waals surface area contributed by atoms with Crippen LogP contribution in [0, 0.1) is 0 Å². The second-order valence-electron chi connectivity index (χ2n) is 8.91. The van der Waals surface area contributed by atoms with E-state index in [1.807, 2.05) is 65.3 Å². The molecule has 2 aromatic heterocycles. The first-order chi connectivity index (χ1) is 16.6. The molecule has 2 N–H and O–H groups in total. The Morgan fingerprint density at radius 1 is 1.06 bits per heavy atom. The van der Waals surface area contributed by atoms with Gasteiger partial charge in [-0.25, -0.2) is 4.98 Å². The molecule has 5 rings (SSSR count). The average molecular weight is 455 g/mol. The zero-order valence-electron chi connectivity index (χ0n) is 19.5. The Hall–Kier alpha value is -3.71. The number of piperidine rings is 1. The molecule has 0 saturated carbocycles. The molecule has 0 spiro atoms. The number of imidazole rings is 1. The molecule has 2 aromatic carbocycles. The van der Waals surface area contributed by atoms with Crippen LogP contribution in [0.3, 0.4) is 0 Å². The summed E-state index contributed by atoms with van der Waals surface area (Å²) in [6.45, 7) is 2.16. The van der Waals surface area contributed by atoms with E-state index in [4.69, 9.17) is 15.7 Å². The minimum Gasteiger partial charge on any atom is -0.341 e. The maximum atomic E-state index is 13.5. The van der Waals surface area contributed by atoms with Crippen LogP contribution >= 0.6 is 0 Å². The number of allylic oxidation sites excluding steroid dienone is 1. The van der Waals surface area contributed by atoms with Gasteiger partial charge in [-0.2, -0.15) is 4.98 Å². The summed E-state index contributed by atoms with van der Waals surface area (Å²) in [6, 6.07) is 20.4. The van der Waals surface area contributed by atoms with Crippen molar-refractivity contribution in [2.24, 2.45) is 12.8 Å². The fourth-order valence-corrected chi connectivity index (χ4v) is 4.59. The van der Waals surface area contributed by atoms with Gasteiger partial charge in [-0.3, -0.25) is 13.9 Å². The van der Waals surface area contributed by atoms with Gasteiger partial charge in [0, 0.05) is 32.6 Å². The van der Waals surface area contributed by atoms with Gasteiger partial charge in [0.25, 0.3) is 5.56 Å². The molecule has 4 aromatic rings. The smallest absolute Gasteiger partial charge is 0.279 e. The molecule has 34 heavy (non-hydrogen) atoms. The first-order valence-corrected chi connectivity index (χ1v) is 11.8. The number of nitrogens with two attached hydrogens (primary N) is 1. The van der Waals surface area contributed by atoms with Crippen molar-refractivity contribution in [3.63, 3.8) is 0 Å². The molecule has 1 aliphatic rings. The lowest BCUT2D eigenvalue weighted by molar-refractivity contribution is 0.495. The van der Waals surface area contributed by atoms with Crippen molar-refractivity contribution >= 4 is 23.2 Å². The van der Waals surface area contributed by atoms with Gasteiger partial charge >= 0.3 is 0 Å². The van der Waals surface area contributed by atoms with Gasteiger partial charge in [-0.05, 0) is 24.0 Å². The number of nitrogens with zero attached hydrogens (tertiary/aromatic N) is 5. The van der Waals surface area contributed by atoms with Crippen LogP contribution < -0.4 is 16.2 Å². The lowest BCUT2D eigenvalue weighted by atomic mass is 10.1. The van der Waals surface area contributed by atoms with Gasteiger partial charge in [0.1, 0.15) is 5.82 Å². The summed E-state index contributed by atoms with van der Waals surface area (Å²) in [5, 5.41) is 0. The van der Waals surface area contributed by atoms with Gasteiger partial charge in [0.2, 0.25) is 5.95 Å². The summed E-state index contributed by atoms with van der Waals surface area (Å²) >= 11 is 0. The van der Waals surface area contributed by atoms with Crippen LogP contribution in [0.2, 0.25) is 0 Å². The number of anilines is 1. The number of rotatable bonds is 6. The monoisotopic (exact) mass is 454 g/mol. The van der Waals surface area contributed by atoms with Crippen LogP contribution in [0.4, 0.5) is 5.95 Å². The molecule has 1 aliphatic heterocycles. The Bertz CT molecular complexity index is 1360. The Morgan fingerprint density at radius 3 is 2.53 bits per heavy atom. The zero-order valence-corrected chi connectivity index (χ0v) is 19.5. The van der Waals surface area contributed by atoms with Crippen molar-refractivity contribution in [1.29, 1.82) is 0 Å². The number of fused-ring (bicyclic) bond motifs is 1. The maximum absolute atomic E-state index is 13.5. The normalized spacial score (nSPS) is 16.5. The second kappa shape index (κ2) is 9.65. The molecular formula is C27H30N6O. The molecule has 1 unspecified atom stereocenters. The van der Waals surface area contributed by atoms with E-state index < -0.39 is 0 Å². The number of benzene rings is 2. The van der Waals surface area contributed by atoms with Gasteiger partial charge in [-0.1, -0.05) is 72.8 Å². The summed E-state index contributed by atoms with van der Waals surface area (Å²) in [4.78, 5) is 25.5. The summed E-state index contributed by atoms with van der Waals surface area (Å²) in [5.41, 5.74) is 9.46. The molecule has 7 nitrogen and oxygen atoms in total. The molecule has 174 valence electrons. The predicted molar refractivity (Wildman–Crippen MR) is 137 cm³/mol. The quantitative estimate of drug-likeness (QED) is 0.483. The number of aromatic nitrogens is 4. The van der Waals surface area contributed by atoms with Crippen molar-refractivity contribution in [2.45, 2.75) is 31.8 Å². The van der Waals surface area contributed by atoms with Crippen molar-refractivity contribution < 1.29 is 0 Å². The van der Waals surface area contributed by atoms with E-state index in [0.717, 1.165) is 43.0 Å². The first-order valence-electron chi connectivity index (χ1n) is 11.8. The molecule has 0 radical (unpaired) electrons.